The average molecular weight is 686 g/mol. The molecule has 2 heterocycles. The molecule has 0 fully saturated rings. The minimum Gasteiger partial charge on any atom is -0.481 e. The number of quaternary nitrogens is 1. The fourth-order valence-electron chi connectivity index (χ4n) is 5.50. The Morgan fingerprint density at radius 2 is 1.22 bits per heavy atom. The molecule has 0 bridgehead atoms. The lowest BCUT2D eigenvalue weighted by molar-refractivity contribution is 0.0215. The summed E-state index contributed by atoms with van der Waals surface area (Å²) >= 11 is 0. The number of hydrogen-bond donors (Lipinski definition) is 2. The Morgan fingerprint density at radius 1 is 0.740 bits per heavy atom. The fraction of sp³-hybridized carbons (Fsp3) is 0.421. The van der Waals surface area contributed by atoms with Gasteiger partial charge in [0, 0.05) is 30.8 Å². The molecule has 0 aromatic heterocycles. The molecule has 4 N–H and O–H groups in total. The lowest BCUT2D eigenvalue weighted by Gasteiger charge is -2.33. The van der Waals surface area contributed by atoms with E-state index in [0.29, 0.717) is 46.8 Å². The van der Waals surface area contributed by atoms with Gasteiger partial charge in [-0.05, 0) is 84.7 Å². The molecule has 0 saturated heterocycles. The summed E-state index contributed by atoms with van der Waals surface area (Å²) in [6.07, 6.45) is -1.51. The lowest BCUT2D eigenvalue weighted by Crippen LogP contribution is -2.52. The molecule has 3 atom stereocenters. The Hall–Kier alpha value is -5.10. The van der Waals surface area contributed by atoms with Crippen LogP contribution >= 0.6 is 0 Å². The number of hydrogen-bond acceptors (Lipinski definition) is 10. The van der Waals surface area contributed by atoms with E-state index in [-0.39, 0.29) is 29.8 Å². The van der Waals surface area contributed by atoms with E-state index in [2.05, 4.69) is 9.98 Å². The van der Waals surface area contributed by atoms with Crippen molar-refractivity contribution in [2.45, 2.75) is 98.4 Å². The van der Waals surface area contributed by atoms with Crippen LogP contribution < -0.4 is 25.4 Å². The molecule has 3 aromatic carbocycles. The van der Waals surface area contributed by atoms with Crippen molar-refractivity contribution >= 4 is 40.9 Å². The van der Waals surface area contributed by atoms with Crippen LogP contribution in [0, 0.1) is 0 Å². The molecule has 2 amide bonds. The van der Waals surface area contributed by atoms with E-state index in [0.717, 1.165) is 16.7 Å². The standard InChI is InChI=1S/C38H49N6O6/c1-23-33(39)41-29-18-27(14-16-31(29)47-23)21-43(35(45)49-37(3,4)5)20-25-10-12-26(13-11-25)22-44(9,36(46)50-38(6,7)8)28-15-17-32-30(19-28)42-34(40)24(2)48-32/h10-19,23-24H,20-22H2,1-9H3,(H2,39,41)(H2,40,42)/q+1. The van der Waals surface area contributed by atoms with Crippen LogP contribution in [0.25, 0.3) is 0 Å². The van der Waals surface area contributed by atoms with Gasteiger partial charge in [0.1, 0.15) is 58.0 Å². The average Bonchev–Trinajstić information content (AvgIpc) is 3.01. The van der Waals surface area contributed by atoms with Gasteiger partial charge in [0.05, 0.1) is 7.05 Å². The van der Waals surface area contributed by atoms with Crippen molar-refractivity contribution in [3.8, 4) is 11.5 Å². The summed E-state index contributed by atoms with van der Waals surface area (Å²) in [4.78, 5) is 37.9. The molecule has 2 aliphatic rings. The lowest BCUT2D eigenvalue weighted by atomic mass is 10.1. The number of ether oxygens (including phenoxy) is 4. The number of amidine groups is 2. The minimum absolute atomic E-state index is 0.188. The number of nitrogens with zero attached hydrogens (tertiary/aromatic N) is 4. The zero-order valence-corrected chi connectivity index (χ0v) is 30.4. The largest absolute Gasteiger partial charge is 0.521 e. The molecule has 0 aliphatic carbocycles. The predicted molar refractivity (Wildman–Crippen MR) is 195 cm³/mol. The molecule has 12 nitrogen and oxygen atoms in total. The van der Waals surface area contributed by atoms with Crippen LogP contribution in [0.15, 0.2) is 70.6 Å². The number of fused-ring (bicyclic) bond motifs is 2. The predicted octanol–water partition coefficient (Wildman–Crippen LogP) is 7.24. The summed E-state index contributed by atoms with van der Waals surface area (Å²) < 4.78 is 23.3. The molecular weight excluding hydrogens is 636 g/mol. The van der Waals surface area contributed by atoms with Gasteiger partial charge in [0.2, 0.25) is 0 Å². The Bertz CT molecular complexity index is 1820. The number of carbonyl (C=O) groups excluding carboxylic acids is 2. The zero-order chi connectivity index (χ0) is 36.6. The fourth-order valence-corrected chi connectivity index (χ4v) is 5.50. The van der Waals surface area contributed by atoms with Gasteiger partial charge in [-0.25, -0.2) is 14.8 Å². The van der Waals surface area contributed by atoms with Crippen molar-refractivity contribution in [2.24, 2.45) is 21.5 Å². The van der Waals surface area contributed by atoms with Crippen molar-refractivity contribution < 1.29 is 28.5 Å². The summed E-state index contributed by atoms with van der Waals surface area (Å²) in [6.45, 7) is 15.6. The van der Waals surface area contributed by atoms with Crippen molar-refractivity contribution in [2.75, 3.05) is 7.05 Å². The first-order chi connectivity index (χ1) is 23.3. The Kier molecular flexibility index (Phi) is 9.89. The van der Waals surface area contributed by atoms with Gasteiger partial charge in [0.15, 0.2) is 12.2 Å². The van der Waals surface area contributed by atoms with Crippen molar-refractivity contribution in [3.63, 3.8) is 0 Å². The monoisotopic (exact) mass is 685 g/mol. The highest BCUT2D eigenvalue weighted by Crippen LogP contribution is 2.39. The quantitative estimate of drug-likeness (QED) is 0.247. The van der Waals surface area contributed by atoms with Gasteiger partial charge in [-0.15, -0.1) is 0 Å². The van der Waals surface area contributed by atoms with E-state index >= 15 is 0 Å². The van der Waals surface area contributed by atoms with Crippen molar-refractivity contribution in [1.82, 2.24) is 9.38 Å². The molecule has 12 heteroatoms. The summed E-state index contributed by atoms with van der Waals surface area (Å²) in [7, 11) is 1.81. The first-order valence-corrected chi connectivity index (χ1v) is 16.7. The van der Waals surface area contributed by atoms with Crippen LogP contribution in [-0.4, -0.2) is 59.2 Å². The maximum Gasteiger partial charge on any atom is 0.521 e. The second-order valence-corrected chi connectivity index (χ2v) is 15.0. The molecule has 266 valence electrons. The minimum atomic E-state index is -0.705. The number of amides is 2. The van der Waals surface area contributed by atoms with E-state index in [9.17, 15) is 9.59 Å². The topological polar surface area (TPSA) is 151 Å². The second-order valence-electron chi connectivity index (χ2n) is 15.0. The third-order valence-corrected chi connectivity index (χ3v) is 8.19. The summed E-state index contributed by atoms with van der Waals surface area (Å²) in [6, 6.07) is 18.9. The molecule has 50 heavy (non-hydrogen) atoms. The Labute approximate surface area is 294 Å². The molecule has 3 aromatic rings. The van der Waals surface area contributed by atoms with Crippen LogP contribution in [-0.2, 0) is 29.1 Å². The highest BCUT2D eigenvalue weighted by atomic mass is 16.6. The third kappa shape index (κ3) is 8.54. The van der Waals surface area contributed by atoms with E-state index in [4.69, 9.17) is 30.4 Å². The van der Waals surface area contributed by atoms with Crippen LogP contribution in [0.2, 0.25) is 0 Å². The Morgan fingerprint density at radius 3 is 1.78 bits per heavy atom. The zero-order valence-electron chi connectivity index (χ0n) is 30.4. The van der Waals surface area contributed by atoms with Crippen LogP contribution in [0.4, 0.5) is 26.7 Å². The normalized spacial score (nSPS) is 18.2. The SMILES string of the molecule is CC1Oc2ccc(CN(Cc3ccc(C[N+](C)(C(=O)OC(C)(C)C)c4ccc5c(c4)N=C(N)C(C)O5)cc3)C(=O)OC(C)(C)C)cc2N=C1N. The van der Waals surface area contributed by atoms with Crippen molar-refractivity contribution in [3.05, 3.63) is 77.4 Å². The van der Waals surface area contributed by atoms with Gasteiger partial charge in [-0.1, -0.05) is 30.3 Å². The van der Waals surface area contributed by atoms with E-state index < -0.39 is 23.4 Å². The number of aliphatic imine (C=N–C) groups is 2. The van der Waals surface area contributed by atoms with Crippen LogP contribution in [0.1, 0.15) is 72.1 Å². The van der Waals surface area contributed by atoms with E-state index in [1.54, 1.807) is 4.90 Å². The molecule has 5 rings (SSSR count). The summed E-state index contributed by atoms with van der Waals surface area (Å²) in [5.41, 5.74) is 15.2. The summed E-state index contributed by atoms with van der Waals surface area (Å²) in [5, 5.41) is 0. The number of carbonyl (C=O) groups is 2. The summed E-state index contributed by atoms with van der Waals surface area (Å²) in [5.74, 6) is 2.00. The van der Waals surface area contributed by atoms with Gasteiger partial charge < -0.3 is 30.4 Å². The van der Waals surface area contributed by atoms with Crippen molar-refractivity contribution in [1.29, 1.82) is 0 Å². The van der Waals surface area contributed by atoms with E-state index in [1.807, 2.05) is 123 Å². The first kappa shape index (κ1) is 36.2. The maximum atomic E-state index is 13.8. The third-order valence-electron chi connectivity index (χ3n) is 8.19. The number of benzene rings is 3. The molecule has 0 saturated carbocycles. The molecule has 0 spiro atoms. The van der Waals surface area contributed by atoms with Gasteiger partial charge in [-0.3, -0.25) is 4.90 Å². The Balaban J connectivity index is 1.40. The van der Waals surface area contributed by atoms with Crippen LogP contribution in [0.3, 0.4) is 0 Å². The second kappa shape index (κ2) is 13.7. The molecular formula is C38H49N6O6+. The highest BCUT2D eigenvalue weighted by molar-refractivity contribution is 5.91. The molecule has 3 unspecified atom stereocenters. The number of rotatable bonds is 7. The van der Waals surface area contributed by atoms with Crippen LogP contribution in [0.5, 0.6) is 11.5 Å². The molecule has 0 radical (unpaired) electrons. The van der Waals surface area contributed by atoms with E-state index in [1.165, 1.54) is 0 Å². The smallest absolute Gasteiger partial charge is 0.481 e. The highest BCUT2D eigenvalue weighted by Gasteiger charge is 2.40. The number of nitrogens with two attached hydrogens (primary N) is 2. The maximum absolute atomic E-state index is 13.8. The first-order valence-electron chi connectivity index (χ1n) is 16.7. The molecule has 2 aliphatic heterocycles. The van der Waals surface area contributed by atoms with Gasteiger partial charge >= 0.3 is 12.2 Å². The van der Waals surface area contributed by atoms with Gasteiger partial charge in [0.25, 0.3) is 0 Å². The van der Waals surface area contributed by atoms with Gasteiger partial charge in [-0.2, -0.15) is 9.28 Å².